The first kappa shape index (κ1) is 20.6. The van der Waals surface area contributed by atoms with Crippen molar-refractivity contribution >= 4 is 40.4 Å². The van der Waals surface area contributed by atoms with Gasteiger partial charge in [-0.1, -0.05) is 41.9 Å². The van der Waals surface area contributed by atoms with Crippen LogP contribution < -0.4 is 15.0 Å². The molecule has 0 saturated heterocycles. The van der Waals surface area contributed by atoms with Crippen LogP contribution in [0, 0.1) is 11.6 Å². The Kier molecular flexibility index (Phi) is 5.44. The van der Waals surface area contributed by atoms with Gasteiger partial charge in [0.2, 0.25) is 0 Å². The number of hydrogen-bond donors (Lipinski definition) is 1. The fourth-order valence-electron chi connectivity index (χ4n) is 3.29. The maximum Gasteiger partial charge on any atom is 0.282 e. The first-order chi connectivity index (χ1) is 14.9. The molecule has 5 nitrogen and oxygen atoms in total. The molecule has 3 aromatic carbocycles. The molecule has 8 heteroatoms. The van der Waals surface area contributed by atoms with Gasteiger partial charge in [-0.05, 0) is 35.9 Å². The summed E-state index contributed by atoms with van der Waals surface area (Å²) < 4.78 is 32.5. The lowest BCUT2D eigenvalue weighted by atomic mass is 10.0. The quantitative estimate of drug-likeness (QED) is 0.566. The molecule has 0 saturated carbocycles. The van der Waals surface area contributed by atoms with Gasteiger partial charge in [0.05, 0.1) is 24.1 Å². The molecule has 4 rings (SSSR count). The van der Waals surface area contributed by atoms with Crippen molar-refractivity contribution in [2.45, 2.75) is 0 Å². The summed E-state index contributed by atoms with van der Waals surface area (Å²) in [5.74, 6) is -3.25. The number of carbonyl (C=O) groups is 2. The molecule has 1 aliphatic heterocycles. The molecule has 0 aliphatic carbocycles. The molecule has 156 valence electrons. The molecule has 3 aromatic rings. The molecule has 0 unspecified atom stereocenters. The average molecular weight is 441 g/mol. The zero-order valence-corrected chi connectivity index (χ0v) is 16.9. The number of nitrogens with zero attached hydrogens (tertiary/aromatic N) is 1. The Morgan fingerprint density at radius 1 is 0.903 bits per heavy atom. The van der Waals surface area contributed by atoms with E-state index in [1.54, 1.807) is 48.5 Å². The Bertz CT molecular complexity index is 1230. The van der Waals surface area contributed by atoms with Gasteiger partial charge in [-0.3, -0.25) is 9.59 Å². The number of anilines is 2. The predicted octanol–water partition coefficient (Wildman–Crippen LogP) is 5.02. The van der Waals surface area contributed by atoms with E-state index in [1.807, 2.05) is 0 Å². The highest BCUT2D eigenvalue weighted by atomic mass is 35.5. The smallest absolute Gasteiger partial charge is 0.282 e. The third kappa shape index (κ3) is 3.75. The van der Waals surface area contributed by atoms with Gasteiger partial charge < -0.3 is 10.1 Å². The summed E-state index contributed by atoms with van der Waals surface area (Å²) in [6, 6.07) is 16.2. The first-order valence-electron chi connectivity index (χ1n) is 9.15. The summed E-state index contributed by atoms with van der Waals surface area (Å²) in [7, 11) is 1.45. The van der Waals surface area contributed by atoms with Crippen LogP contribution in [0.2, 0.25) is 5.02 Å². The lowest BCUT2D eigenvalue weighted by Crippen LogP contribution is -2.32. The van der Waals surface area contributed by atoms with Crippen molar-refractivity contribution in [1.29, 1.82) is 0 Å². The molecule has 1 heterocycles. The number of carbonyl (C=O) groups excluding carboxylic acids is 2. The van der Waals surface area contributed by atoms with E-state index in [9.17, 15) is 18.4 Å². The lowest BCUT2D eigenvalue weighted by Gasteiger charge is -2.16. The normalized spacial score (nSPS) is 13.7. The predicted molar refractivity (Wildman–Crippen MR) is 114 cm³/mol. The molecule has 0 spiro atoms. The Morgan fingerprint density at radius 3 is 2.32 bits per heavy atom. The number of ether oxygens (including phenoxy) is 1. The van der Waals surface area contributed by atoms with E-state index >= 15 is 0 Å². The van der Waals surface area contributed by atoms with E-state index < -0.39 is 23.4 Å². The summed E-state index contributed by atoms with van der Waals surface area (Å²) in [6.45, 7) is 0. The van der Waals surface area contributed by atoms with E-state index in [0.29, 0.717) is 22.0 Å². The molecule has 0 radical (unpaired) electrons. The number of halogens is 3. The molecule has 0 fully saturated rings. The van der Waals surface area contributed by atoms with Crippen molar-refractivity contribution in [3.05, 3.63) is 94.6 Å². The molecule has 1 aliphatic rings. The van der Waals surface area contributed by atoms with Gasteiger partial charge in [0.25, 0.3) is 11.8 Å². The molecule has 0 aromatic heterocycles. The third-order valence-corrected chi connectivity index (χ3v) is 4.96. The Morgan fingerprint density at radius 2 is 1.65 bits per heavy atom. The van der Waals surface area contributed by atoms with Crippen molar-refractivity contribution in [3.63, 3.8) is 0 Å². The Hall–Kier alpha value is -3.71. The van der Waals surface area contributed by atoms with Gasteiger partial charge in [-0.25, -0.2) is 13.7 Å². The van der Waals surface area contributed by atoms with Crippen LogP contribution in [-0.2, 0) is 9.59 Å². The number of nitrogens with one attached hydrogen (secondary N) is 1. The standard InChI is InChI=1S/C23H15ClF2N2O3/c1-31-19-10-7-14(24)11-18(19)27-21-20(13-5-3-2-4-6-13)22(29)28(23(21)30)15-8-9-16(25)17(26)12-15/h2-12,27H,1H3. The largest absolute Gasteiger partial charge is 0.495 e. The van der Waals surface area contributed by atoms with E-state index in [2.05, 4.69) is 5.32 Å². The first-order valence-corrected chi connectivity index (χ1v) is 9.52. The number of imide groups is 1. The second-order valence-electron chi connectivity index (χ2n) is 6.63. The van der Waals surface area contributed by atoms with Crippen LogP contribution in [0.15, 0.2) is 72.4 Å². The van der Waals surface area contributed by atoms with Crippen LogP contribution in [0.25, 0.3) is 5.57 Å². The van der Waals surface area contributed by atoms with E-state index in [-0.39, 0.29) is 17.0 Å². The summed E-state index contributed by atoms with van der Waals surface area (Å²) in [6.07, 6.45) is 0. The number of methoxy groups -OCH3 is 1. The van der Waals surface area contributed by atoms with Gasteiger partial charge in [0, 0.05) is 11.1 Å². The van der Waals surface area contributed by atoms with Crippen LogP contribution in [0.4, 0.5) is 20.2 Å². The minimum Gasteiger partial charge on any atom is -0.495 e. The fraction of sp³-hybridized carbons (Fsp3) is 0.0435. The van der Waals surface area contributed by atoms with Gasteiger partial charge in [0.15, 0.2) is 11.6 Å². The Balaban J connectivity index is 1.85. The van der Waals surface area contributed by atoms with Crippen molar-refractivity contribution in [2.24, 2.45) is 0 Å². The van der Waals surface area contributed by atoms with Crippen molar-refractivity contribution in [3.8, 4) is 5.75 Å². The van der Waals surface area contributed by atoms with E-state index in [1.165, 1.54) is 13.2 Å². The number of amides is 2. The van der Waals surface area contributed by atoms with Gasteiger partial charge in [-0.15, -0.1) is 0 Å². The molecule has 2 amide bonds. The van der Waals surface area contributed by atoms with Crippen LogP contribution in [0.1, 0.15) is 5.56 Å². The number of hydrogen-bond acceptors (Lipinski definition) is 4. The molecule has 1 N–H and O–H groups in total. The highest BCUT2D eigenvalue weighted by Gasteiger charge is 2.40. The number of benzene rings is 3. The van der Waals surface area contributed by atoms with E-state index in [4.69, 9.17) is 16.3 Å². The topological polar surface area (TPSA) is 58.6 Å². The van der Waals surface area contributed by atoms with E-state index in [0.717, 1.165) is 17.0 Å². The van der Waals surface area contributed by atoms with Gasteiger partial charge in [-0.2, -0.15) is 0 Å². The van der Waals surface area contributed by atoms with Gasteiger partial charge in [0.1, 0.15) is 11.4 Å². The highest BCUT2D eigenvalue weighted by Crippen LogP contribution is 2.36. The average Bonchev–Trinajstić information content (AvgIpc) is 3.00. The zero-order valence-electron chi connectivity index (χ0n) is 16.2. The minimum absolute atomic E-state index is 0.0403. The van der Waals surface area contributed by atoms with Crippen molar-refractivity contribution in [2.75, 3.05) is 17.3 Å². The fourth-order valence-corrected chi connectivity index (χ4v) is 3.46. The summed E-state index contributed by atoms with van der Waals surface area (Å²) in [4.78, 5) is 27.3. The molecule has 0 bridgehead atoms. The molecule has 31 heavy (non-hydrogen) atoms. The molecule has 0 atom stereocenters. The summed E-state index contributed by atoms with van der Waals surface area (Å²) in [5, 5.41) is 3.33. The van der Waals surface area contributed by atoms with Crippen LogP contribution in [0.3, 0.4) is 0 Å². The maximum absolute atomic E-state index is 13.8. The second-order valence-corrected chi connectivity index (χ2v) is 7.07. The number of rotatable bonds is 5. The summed E-state index contributed by atoms with van der Waals surface area (Å²) in [5.41, 5.74) is 0.803. The third-order valence-electron chi connectivity index (χ3n) is 4.73. The SMILES string of the molecule is COc1ccc(Cl)cc1NC1=C(c2ccccc2)C(=O)N(c2ccc(F)c(F)c2)C1=O. The second kappa shape index (κ2) is 8.20. The van der Waals surface area contributed by atoms with Crippen molar-refractivity contribution in [1.82, 2.24) is 0 Å². The lowest BCUT2D eigenvalue weighted by molar-refractivity contribution is -0.120. The van der Waals surface area contributed by atoms with Crippen LogP contribution >= 0.6 is 11.6 Å². The summed E-state index contributed by atoms with van der Waals surface area (Å²) >= 11 is 6.08. The highest BCUT2D eigenvalue weighted by molar-refractivity contribution is 6.46. The zero-order chi connectivity index (χ0) is 22.1. The minimum atomic E-state index is -1.17. The van der Waals surface area contributed by atoms with Gasteiger partial charge >= 0.3 is 0 Å². The van der Waals surface area contributed by atoms with Crippen LogP contribution in [-0.4, -0.2) is 18.9 Å². The molecular formula is C23H15ClF2N2O3. The van der Waals surface area contributed by atoms with Crippen LogP contribution in [0.5, 0.6) is 5.75 Å². The molecular weight excluding hydrogens is 426 g/mol. The maximum atomic E-state index is 13.8. The Labute approximate surface area is 181 Å². The monoisotopic (exact) mass is 440 g/mol. The van der Waals surface area contributed by atoms with Crippen molar-refractivity contribution < 1.29 is 23.1 Å².